The summed E-state index contributed by atoms with van der Waals surface area (Å²) in [5.74, 6) is 0.513. The molecule has 3 rings (SSSR count). The van der Waals surface area contributed by atoms with E-state index in [1.54, 1.807) is 0 Å². The molecule has 0 aliphatic carbocycles. The average molecular weight is 437 g/mol. The van der Waals surface area contributed by atoms with Crippen LogP contribution in [0, 0.1) is 0 Å². The lowest BCUT2D eigenvalue weighted by molar-refractivity contribution is 0.126. The Bertz CT molecular complexity index is 663. The van der Waals surface area contributed by atoms with Gasteiger partial charge in [-0.05, 0) is 12.1 Å². The zero-order valence-corrected chi connectivity index (χ0v) is 14.9. The number of ether oxygens (including phenoxy) is 2. The van der Waals surface area contributed by atoms with Crippen LogP contribution in [0.15, 0.2) is 35.3 Å². The summed E-state index contributed by atoms with van der Waals surface area (Å²) in [5, 5.41) is 0. The van der Waals surface area contributed by atoms with Crippen molar-refractivity contribution >= 4 is 38.6 Å². The molecule has 0 bridgehead atoms. The number of benzene rings is 1. The molecule has 2 aliphatic heterocycles. The summed E-state index contributed by atoms with van der Waals surface area (Å²) >= 11 is 2.21. The van der Waals surface area contributed by atoms with Crippen molar-refractivity contribution in [3.8, 4) is 0 Å². The summed E-state index contributed by atoms with van der Waals surface area (Å²) in [6.45, 7) is 0.290. The van der Waals surface area contributed by atoms with Crippen molar-refractivity contribution in [3.05, 3.63) is 35.9 Å². The van der Waals surface area contributed by atoms with Crippen LogP contribution in [0.2, 0.25) is 0 Å². The van der Waals surface area contributed by atoms with Crippen LogP contribution < -0.4 is 0 Å². The summed E-state index contributed by atoms with van der Waals surface area (Å²) in [5.41, 5.74) is 0.866. The Morgan fingerprint density at radius 3 is 2.73 bits per heavy atom. The van der Waals surface area contributed by atoms with Gasteiger partial charge in [0.15, 0.2) is 0 Å². The predicted octanol–water partition coefficient (Wildman–Crippen LogP) is 1.38. The normalized spacial score (nSPS) is 28.8. The number of hydrogen-bond acceptors (Lipinski definition) is 6. The van der Waals surface area contributed by atoms with Crippen molar-refractivity contribution in [3.63, 3.8) is 0 Å². The Labute approximate surface area is 143 Å². The van der Waals surface area contributed by atoms with Crippen molar-refractivity contribution in [2.45, 2.75) is 24.4 Å². The molecule has 0 aromatic heterocycles. The van der Waals surface area contributed by atoms with E-state index in [1.807, 2.05) is 30.3 Å². The number of epoxide rings is 1. The van der Waals surface area contributed by atoms with E-state index in [2.05, 4.69) is 27.6 Å². The zero-order valence-electron chi connectivity index (χ0n) is 11.9. The number of rotatable bonds is 6. The molecular weight excluding hydrogens is 421 g/mol. The van der Waals surface area contributed by atoms with Crippen LogP contribution in [-0.4, -0.2) is 56.0 Å². The summed E-state index contributed by atoms with van der Waals surface area (Å²) in [6, 6.07) is 9.12. The predicted molar refractivity (Wildman–Crippen MR) is 90.0 cm³/mol. The summed E-state index contributed by atoms with van der Waals surface area (Å²) in [7, 11) is -3.59. The van der Waals surface area contributed by atoms with Crippen LogP contribution in [0.1, 0.15) is 5.56 Å². The Hall–Kier alpha value is -0.710. The Kier molecular flexibility index (Phi) is 4.72. The van der Waals surface area contributed by atoms with Gasteiger partial charge in [-0.25, -0.2) is 4.99 Å². The molecule has 4 atom stereocenters. The average Bonchev–Trinajstić information content (AvgIpc) is 3.11. The number of halogens is 1. The highest BCUT2D eigenvalue weighted by Gasteiger charge is 2.50. The minimum atomic E-state index is -3.59. The quantitative estimate of drug-likeness (QED) is 0.291. The molecule has 0 amide bonds. The van der Waals surface area contributed by atoms with Crippen molar-refractivity contribution in [2.24, 2.45) is 4.99 Å². The summed E-state index contributed by atoms with van der Waals surface area (Å²) in [6.07, 6.45) is 0.164. The van der Waals surface area contributed by atoms with Gasteiger partial charge in [-0.3, -0.25) is 4.18 Å². The first kappa shape index (κ1) is 16.2. The van der Waals surface area contributed by atoms with E-state index in [-0.39, 0.29) is 24.9 Å². The monoisotopic (exact) mass is 437 g/mol. The highest BCUT2D eigenvalue weighted by Crippen LogP contribution is 2.33. The largest absolute Gasteiger partial charge is 0.475 e. The minimum absolute atomic E-state index is 0.0170. The van der Waals surface area contributed by atoms with Crippen LogP contribution in [0.3, 0.4) is 0 Å². The van der Waals surface area contributed by atoms with E-state index in [1.165, 1.54) is 0 Å². The van der Waals surface area contributed by atoms with Gasteiger partial charge in [-0.15, -0.1) is 0 Å². The molecule has 6 nitrogen and oxygen atoms in total. The van der Waals surface area contributed by atoms with Crippen molar-refractivity contribution in [1.29, 1.82) is 0 Å². The SMILES string of the molecule is CS(=O)(=O)O[C@@H]([C@@H]1O[C@H]1CI)[C@@H]1COC(c2ccccc2)=N1. The van der Waals surface area contributed by atoms with E-state index in [0.717, 1.165) is 16.2 Å². The van der Waals surface area contributed by atoms with E-state index in [9.17, 15) is 8.42 Å². The Balaban J connectivity index is 1.79. The second-order valence-corrected chi connectivity index (χ2v) is 7.72. The molecule has 0 radical (unpaired) electrons. The number of aliphatic imine (C=N–C) groups is 1. The van der Waals surface area contributed by atoms with Gasteiger partial charge >= 0.3 is 0 Å². The third-order valence-corrected chi connectivity index (χ3v) is 4.90. The van der Waals surface area contributed by atoms with Crippen molar-refractivity contribution in [2.75, 3.05) is 17.3 Å². The zero-order chi connectivity index (χ0) is 15.7. The second-order valence-electron chi connectivity index (χ2n) is 5.24. The third-order valence-electron chi connectivity index (χ3n) is 3.46. The molecule has 22 heavy (non-hydrogen) atoms. The molecule has 0 N–H and O–H groups in total. The van der Waals surface area contributed by atoms with Gasteiger partial charge in [0, 0.05) is 9.99 Å². The standard InChI is InChI=1S/C14H16INO5S/c1-22(17,18)21-12(13-11(7-15)20-13)10-8-19-14(16-10)9-5-3-2-4-6-9/h2-6,10-13H,7-8H2,1H3/t10-,11-,12+,13+/m0/s1. The molecule has 1 aromatic rings. The molecule has 2 heterocycles. The van der Waals surface area contributed by atoms with Crippen LogP contribution in [0.5, 0.6) is 0 Å². The van der Waals surface area contributed by atoms with E-state index in [4.69, 9.17) is 13.7 Å². The van der Waals surface area contributed by atoms with Crippen LogP contribution in [0.4, 0.5) is 0 Å². The molecule has 1 fully saturated rings. The molecular formula is C14H16INO5S. The van der Waals surface area contributed by atoms with Gasteiger partial charge in [-0.1, -0.05) is 40.8 Å². The fraction of sp³-hybridized carbons (Fsp3) is 0.500. The fourth-order valence-electron chi connectivity index (χ4n) is 2.41. The highest BCUT2D eigenvalue weighted by molar-refractivity contribution is 14.1. The molecule has 8 heteroatoms. The molecule has 2 aliphatic rings. The minimum Gasteiger partial charge on any atom is -0.475 e. The maximum Gasteiger partial charge on any atom is 0.264 e. The fourth-order valence-corrected chi connectivity index (χ4v) is 3.76. The van der Waals surface area contributed by atoms with Crippen molar-refractivity contribution < 1.29 is 22.1 Å². The lowest BCUT2D eigenvalue weighted by Gasteiger charge is -2.17. The smallest absolute Gasteiger partial charge is 0.264 e. The molecule has 0 spiro atoms. The van der Waals surface area contributed by atoms with Gasteiger partial charge in [0.1, 0.15) is 24.9 Å². The first-order valence-electron chi connectivity index (χ1n) is 6.83. The van der Waals surface area contributed by atoms with Crippen molar-refractivity contribution in [1.82, 2.24) is 0 Å². The van der Waals surface area contributed by atoms with Gasteiger partial charge in [0.2, 0.25) is 5.90 Å². The second kappa shape index (κ2) is 6.42. The van der Waals surface area contributed by atoms with Gasteiger partial charge in [0.25, 0.3) is 10.1 Å². The lowest BCUT2D eigenvalue weighted by Crippen LogP contribution is -2.36. The van der Waals surface area contributed by atoms with E-state index in [0.29, 0.717) is 5.90 Å². The number of hydrogen-bond donors (Lipinski definition) is 0. The lowest BCUT2D eigenvalue weighted by atomic mass is 10.1. The molecule has 120 valence electrons. The summed E-state index contributed by atoms with van der Waals surface area (Å²) < 4.78 is 40.1. The van der Waals surface area contributed by atoms with E-state index < -0.39 is 16.2 Å². The maximum absolute atomic E-state index is 11.5. The Morgan fingerprint density at radius 2 is 2.14 bits per heavy atom. The van der Waals surface area contributed by atoms with Gasteiger partial charge < -0.3 is 9.47 Å². The molecule has 1 saturated heterocycles. The first-order chi connectivity index (χ1) is 10.5. The maximum atomic E-state index is 11.5. The number of alkyl halides is 1. The molecule has 1 aromatic carbocycles. The van der Waals surface area contributed by atoms with Gasteiger partial charge in [-0.2, -0.15) is 8.42 Å². The van der Waals surface area contributed by atoms with Crippen LogP contribution in [-0.2, 0) is 23.8 Å². The number of nitrogens with zero attached hydrogens (tertiary/aromatic N) is 1. The molecule has 0 saturated carbocycles. The topological polar surface area (TPSA) is 77.5 Å². The first-order valence-corrected chi connectivity index (χ1v) is 10.2. The van der Waals surface area contributed by atoms with E-state index >= 15 is 0 Å². The van der Waals surface area contributed by atoms with Crippen LogP contribution in [0.25, 0.3) is 0 Å². The molecule has 0 unspecified atom stereocenters. The third kappa shape index (κ3) is 3.79. The highest BCUT2D eigenvalue weighted by atomic mass is 127. The Morgan fingerprint density at radius 1 is 1.41 bits per heavy atom. The van der Waals surface area contributed by atoms with Crippen LogP contribution >= 0.6 is 22.6 Å². The van der Waals surface area contributed by atoms with Gasteiger partial charge in [0.05, 0.1) is 12.4 Å². The summed E-state index contributed by atoms with van der Waals surface area (Å²) in [4.78, 5) is 4.50.